The normalized spacial score (nSPS) is 16.6. The SMILES string of the molecule is COc1ccc(CCN2C(=O)C(=O)/C(=C(\O)c3cccc([N+](=O)[O-])c3)C2c2ccc(N(C)C)cc2)cc1. The van der Waals surface area contributed by atoms with Crippen molar-refractivity contribution in [3.8, 4) is 5.75 Å². The van der Waals surface area contributed by atoms with Crippen molar-refractivity contribution in [1.29, 1.82) is 0 Å². The topological polar surface area (TPSA) is 113 Å². The fraction of sp³-hybridized carbons (Fsp3) is 0.214. The molecule has 9 heteroatoms. The van der Waals surface area contributed by atoms with Gasteiger partial charge in [0.15, 0.2) is 0 Å². The van der Waals surface area contributed by atoms with Gasteiger partial charge in [-0.05, 0) is 41.8 Å². The average molecular weight is 502 g/mol. The summed E-state index contributed by atoms with van der Waals surface area (Å²) in [6, 6.07) is 19.3. The summed E-state index contributed by atoms with van der Waals surface area (Å²) in [4.78, 5) is 40.5. The molecule has 1 unspecified atom stereocenters. The van der Waals surface area contributed by atoms with Crippen LogP contribution in [0, 0.1) is 10.1 Å². The van der Waals surface area contributed by atoms with Crippen LogP contribution in [0.2, 0.25) is 0 Å². The van der Waals surface area contributed by atoms with E-state index >= 15 is 0 Å². The number of nitrogens with zero attached hydrogens (tertiary/aromatic N) is 3. The summed E-state index contributed by atoms with van der Waals surface area (Å²) in [6.07, 6.45) is 0.472. The maximum atomic E-state index is 13.2. The molecule has 37 heavy (non-hydrogen) atoms. The minimum absolute atomic E-state index is 0.0947. The van der Waals surface area contributed by atoms with Gasteiger partial charge in [-0.2, -0.15) is 0 Å². The number of hydrogen-bond donors (Lipinski definition) is 1. The van der Waals surface area contributed by atoms with Crippen LogP contribution in [0.4, 0.5) is 11.4 Å². The maximum absolute atomic E-state index is 13.2. The summed E-state index contributed by atoms with van der Waals surface area (Å²) >= 11 is 0. The second-order valence-corrected chi connectivity index (χ2v) is 8.88. The number of rotatable bonds is 8. The Bertz CT molecular complexity index is 1360. The number of non-ortho nitro benzene ring substituents is 1. The van der Waals surface area contributed by atoms with E-state index in [9.17, 15) is 24.8 Å². The smallest absolute Gasteiger partial charge is 0.295 e. The summed E-state index contributed by atoms with van der Waals surface area (Å²) in [5.41, 5.74) is 2.28. The molecule has 4 rings (SSSR count). The van der Waals surface area contributed by atoms with Gasteiger partial charge in [-0.25, -0.2) is 0 Å². The van der Waals surface area contributed by atoms with Crippen LogP contribution in [0.1, 0.15) is 22.7 Å². The lowest BCUT2D eigenvalue weighted by Crippen LogP contribution is -2.31. The molecule has 3 aromatic rings. The lowest BCUT2D eigenvalue weighted by atomic mass is 9.94. The van der Waals surface area contributed by atoms with Crippen LogP contribution in [-0.2, 0) is 16.0 Å². The van der Waals surface area contributed by atoms with E-state index in [0.717, 1.165) is 11.3 Å². The van der Waals surface area contributed by atoms with Crippen molar-refractivity contribution < 1.29 is 24.4 Å². The Morgan fingerprint density at radius 1 is 1.05 bits per heavy atom. The summed E-state index contributed by atoms with van der Waals surface area (Å²) in [5, 5.41) is 22.5. The molecule has 1 saturated heterocycles. The molecule has 0 bridgehead atoms. The lowest BCUT2D eigenvalue weighted by Gasteiger charge is -2.26. The fourth-order valence-electron chi connectivity index (χ4n) is 4.38. The zero-order valence-electron chi connectivity index (χ0n) is 20.7. The van der Waals surface area contributed by atoms with Crippen molar-refractivity contribution in [3.63, 3.8) is 0 Å². The second kappa shape index (κ2) is 10.5. The van der Waals surface area contributed by atoms with Crippen molar-refractivity contribution in [2.75, 3.05) is 32.6 Å². The maximum Gasteiger partial charge on any atom is 0.295 e. The highest BCUT2D eigenvalue weighted by Crippen LogP contribution is 2.40. The average Bonchev–Trinajstić information content (AvgIpc) is 3.16. The van der Waals surface area contributed by atoms with Crippen LogP contribution in [0.25, 0.3) is 5.76 Å². The number of methoxy groups -OCH3 is 1. The molecule has 190 valence electrons. The van der Waals surface area contributed by atoms with Crippen molar-refractivity contribution in [2.45, 2.75) is 12.5 Å². The van der Waals surface area contributed by atoms with E-state index in [1.54, 1.807) is 7.11 Å². The molecule has 0 spiro atoms. The third-order valence-electron chi connectivity index (χ3n) is 6.40. The molecular formula is C28H27N3O6. The Morgan fingerprint density at radius 2 is 1.73 bits per heavy atom. The van der Waals surface area contributed by atoms with E-state index in [2.05, 4.69) is 0 Å². The first-order chi connectivity index (χ1) is 17.7. The van der Waals surface area contributed by atoms with Crippen molar-refractivity contribution >= 4 is 28.8 Å². The molecule has 1 aliphatic heterocycles. The van der Waals surface area contributed by atoms with Crippen molar-refractivity contribution in [1.82, 2.24) is 4.90 Å². The van der Waals surface area contributed by atoms with Crippen LogP contribution in [0.5, 0.6) is 5.75 Å². The number of anilines is 1. The van der Waals surface area contributed by atoms with Gasteiger partial charge in [0.25, 0.3) is 17.4 Å². The van der Waals surface area contributed by atoms with Gasteiger partial charge in [-0.1, -0.05) is 36.4 Å². The quantitative estimate of drug-likeness (QED) is 0.161. The van der Waals surface area contributed by atoms with Crippen LogP contribution in [0.3, 0.4) is 0 Å². The number of ketones is 1. The van der Waals surface area contributed by atoms with Crippen molar-refractivity contribution in [2.24, 2.45) is 0 Å². The minimum atomic E-state index is -0.853. The standard InChI is InChI=1S/C28H27N3O6/c1-29(2)21-11-9-19(10-12-21)25-24(26(32)20-5-4-6-22(17-20)31(35)36)27(33)28(34)30(25)16-15-18-7-13-23(37-3)14-8-18/h4-14,17,25,32H,15-16H2,1-3H3/b26-24-. The summed E-state index contributed by atoms with van der Waals surface area (Å²) in [7, 11) is 5.38. The van der Waals surface area contributed by atoms with Gasteiger partial charge in [0.1, 0.15) is 11.5 Å². The number of carbonyl (C=O) groups excluding carboxylic acids is 2. The first-order valence-corrected chi connectivity index (χ1v) is 11.6. The largest absolute Gasteiger partial charge is 0.507 e. The van der Waals surface area contributed by atoms with Gasteiger partial charge < -0.3 is 19.6 Å². The molecule has 3 aromatic carbocycles. The molecule has 1 heterocycles. The van der Waals surface area contributed by atoms with Crippen LogP contribution in [-0.4, -0.2) is 54.4 Å². The van der Waals surface area contributed by atoms with Gasteiger partial charge in [0.2, 0.25) is 0 Å². The van der Waals surface area contributed by atoms with E-state index in [4.69, 9.17) is 4.74 Å². The number of likely N-dealkylation sites (tertiary alicyclic amines) is 1. The molecule has 1 N–H and O–H groups in total. The number of ether oxygens (including phenoxy) is 1. The Labute approximate surface area is 214 Å². The number of benzene rings is 3. The molecule has 1 amide bonds. The number of nitro groups is 1. The van der Waals surface area contributed by atoms with Gasteiger partial charge in [-0.3, -0.25) is 19.7 Å². The first kappa shape index (κ1) is 25.4. The molecule has 0 saturated carbocycles. The van der Waals surface area contributed by atoms with E-state index in [1.165, 1.54) is 29.2 Å². The third-order valence-corrected chi connectivity index (χ3v) is 6.40. The zero-order chi connectivity index (χ0) is 26.7. The van der Waals surface area contributed by atoms with Crippen molar-refractivity contribution in [3.05, 3.63) is 105 Å². The number of aliphatic hydroxyl groups is 1. The number of carbonyl (C=O) groups is 2. The lowest BCUT2D eigenvalue weighted by molar-refractivity contribution is -0.384. The molecule has 1 fully saturated rings. The Hall–Kier alpha value is -4.66. The van der Waals surface area contributed by atoms with Crippen LogP contribution in [0.15, 0.2) is 78.4 Å². The van der Waals surface area contributed by atoms with E-state index in [-0.39, 0.29) is 23.4 Å². The van der Waals surface area contributed by atoms with E-state index < -0.39 is 28.4 Å². The Balaban J connectivity index is 1.77. The highest BCUT2D eigenvalue weighted by atomic mass is 16.6. The van der Waals surface area contributed by atoms with E-state index in [1.807, 2.05) is 67.5 Å². The molecule has 1 atom stereocenters. The summed E-state index contributed by atoms with van der Waals surface area (Å²) < 4.78 is 5.20. The zero-order valence-corrected chi connectivity index (χ0v) is 20.7. The number of aliphatic hydroxyl groups excluding tert-OH is 1. The molecular weight excluding hydrogens is 474 g/mol. The van der Waals surface area contributed by atoms with Gasteiger partial charge in [0, 0.05) is 44.0 Å². The van der Waals surface area contributed by atoms with Gasteiger partial charge in [0.05, 0.1) is 23.6 Å². The monoisotopic (exact) mass is 501 g/mol. The highest BCUT2D eigenvalue weighted by molar-refractivity contribution is 6.46. The fourth-order valence-corrected chi connectivity index (χ4v) is 4.38. The number of amides is 1. The number of hydrogen-bond acceptors (Lipinski definition) is 7. The third kappa shape index (κ3) is 5.16. The Kier molecular flexibility index (Phi) is 7.24. The molecule has 9 nitrogen and oxygen atoms in total. The predicted molar refractivity (Wildman–Crippen MR) is 140 cm³/mol. The van der Waals surface area contributed by atoms with Crippen LogP contribution >= 0.6 is 0 Å². The predicted octanol–water partition coefficient (Wildman–Crippen LogP) is 4.33. The number of Topliss-reactive ketones (excluding diaryl/α,β-unsaturated/α-hetero) is 1. The highest BCUT2D eigenvalue weighted by Gasteiger charge is 2.45. The second-order valence-electron chi connectivity index (χ2n) is 8.88. The minimum Gasteiger partial charge on any atom is -0.507 e. The first-order valence-electron chi connectivity index (χ1n) is 11.6. The number of nitro benzene ring substituents is 1. The molecule has 0 aliphatic carbocycles. The Morgan fingerprint density at radius 3 is 2.32 bits per heavy atom. The summed E-state index contributed by atoms with van der Waals surface area (Å²) in [6.45, 7) is 0.225. The molecule has 1 aliphatic rings. The molecule has 0 aromatic heterocycles. The van der Waals surface area contributed by atoms with E-state index in [0.29, 0.717) is 17.7 Å². The summed E-state index contributed by atoms with van der Waals surface area (Å²) in [5.74, 6) is -1.31. The van der Waals surface area contributed by atoms with Crippen LogP contribution < -0.4 is 9.64 Å². The van der Waals surface area contributed by atoms with Gasteiger partial charge in [-0.15, -0.1) is 0 Å². The molecule has 0 radical (unpaired) electrons. The van der Waals surface area contributed by atoms with Gasteiger partial charge >= 0.3 is 0 Å².